The van der Waals surface area contributed by atoms with E-state index < -0.39 is 36.2 Å². The van der Waals surface area contributed by atoms with E-state index in [1.54, 1.807) is 4.90 Å². The van der Waals surface area contributed by atoms with E-state index in [0.29, 0.717) is 36.8 Å². The fourth-order valence-electron chi connectivity index (χ4n) is 9.96. The lowest BCUT2D eigenvalue weighted by Gasteiger charge is -2.61. The number of ether oxygens (including phenoxy) is 1. The SMILES string of the molecule is C[C@@H]1[C@H]2C[C@@H](C[C@H]1OC(=O)N1c3ccccc3C[C@@H]1C(=O)N1[C@@H](C(=O)N3Cc4ccccc4C[C@@H]3C(=O)O)CC[C@H]1c1ccccc1)C2(C)C. The first-order valence-electron chi connectivity index (χ1n) is 18.1. The maximum atomic E-state index is 15.1. The maximum absolute atomic E-state index is 15.1. The van der Waals surface area contributed by atoms with E-state index in [1.807, 2.05) is 78.9 Å². The average molecular weight is 676 g/mol. The van der Waals surface area contributed by atoms with Gasteiger partial charge in [0.15, 0.2) is 0 Å². The summed E-state index contributed by atoms with van der Waals surface area (Å²) in [5, 5.41) is 10.3. The number of aliphatic carboxylic acids is 1. The Hall–Kier alpha value is -4.66. The molecule has 260 valence electrons. The zero-order valence-corrected chi connectivity index (χ0v) is 28.9. The summed E-state index contributed by atoms with van der Waals surface area (Å²) in [4.78, 5) is 61.2. The van der Waals surface area contributed by atoms with Crippen LogP contribution in [0.1, 0.15) is 74.8 Å². The summed E-state index contributed by atoms with van der Waals surface area (Å²) in [6, 6.07) is 21.6. The van der Waals surface area contributed by atoms with Gasteiger partial charge in [-0.3, -0.25) is 14.5 Å². The molecule has 3 aliphatic carbocycles. The number of fused-ring (bicyclic) bond motifs is 4. The molecular formula is C41H45N3O6. The van der Waals surface area contributed by atoms with E-state index in [9.17, 15) is 19.5 Å². The average Bonchev–Trinajstić information content (AvgIpc) is 3.74. The summed E-state index contributed by atoms with van der Waals surface area (Å²) in [6.07, 6.45) is 2.65. The molecule has 3 heterocycles. The maximum Gasteiger partial charge on any atom is 0.415 e. The number of amides is 3. The largest absolute Gasteiger partial charge is 0.480 e. The molecule has 4 fully saturated rings. The van der Waals surface area contributed by atoms with Crippen LogP contribution in [0.2, 0.25) is 0 Å². The second kappa shape index (κ2) is 12.3. The quantitative estimate of drug-likeness (QED) is 0.336. The minimum atomic E-state index is -1.07. The molecule has 0 radical (unpaired) electrons. The molecule has 3 aliphatic heterocycles. The van der Waals surface area contributed by atoms with Gasteiger partial charge in [0.05, 0.1) is 11.7 Å². The van der Waals surface area contributed by atoms with Crippen molar-refractivity contribution in [3.8, 4) is 0 Å². The number of carboxylic acid groups (broad SMARTS) is 1. The fraction of sp³-hybridized carbons (Fsp3) is 0.463. The molecule has 50 heavy (non-hydrogen) atoms. The smallest absolute Gasteiger partial charge is 0.415 e. The first-order valence-corrected chi connectivity index (χ1v) is 18.1. The first-order chi connectivity index (χ1) is 24.0. The topological polar surface area (TPSA) is 107 Å². The van der Waals surface area contributed by atoms with Crippen LogP contribution in [0.4, 0.5) is 10.5 Å². The summed E-state index contributed by atoms with van der Waals surface area (Å²) in [5.41, 5.74) is 4.49. The molecule has 0 unspecified atom stereocenters. The minimum absolute atomic E-state index is 0.159. The van der Waals surface area contributed by atoms with Gasteiger partial charge in [0.25, 0.3) is 0 Å². The molecule has 0 aromatic heterocycles. The Morgan fingerprint density at radius 1 is 0.760 bits per heavy atom. The van der Waals surface area contributed by atoms with Crippen LogP contribution in [0.3, 0.4) is 0 Å². The number of likely N-dealkylation sites (tertiary alicyclic amines) is 1. The zero-order chi connectivity index (χ0) is 34.9. The lowest BCUT2D eigenvalue weighted by molar-refractivity contribution is -0.156. The van der Waals surface area contributed by atoms with Gasteiger partial charge in [0.1, 0.15) is 24.2 Å². The van der Waals surface area contributed by atoms with Crippen LogP contribution >= 0.6 is 0 Å². The molecule has 1 saturated heterocycles. The Bertz CT molecular complexity index is 1840. The van der Waals surface area contributed by atoms with Crippen molar-refractivity contribution in [3.05, 3.63) is 101 Å². The van der Waals surface area contributed by atoms with Gasteiger partial charge in [-0.1, -0.05) is 93.6 Å². The van der Waals surface area contributed by atoms with Gasteiger partial charge >= 0.3 is 12.1 Å². The van der Waals surface area contributed by atoms with Gasteiger partial charge in [-0.15, -0.1) is 0 Å². The fourth-order valence-corrected chi connectivity index (χ4v) is 9.96. The molecule has 3 amide bonds. The third-order valence-corrected chi connectivity index (χ3v) is 12.9. The van der Waals surface area contributed by atoms with Crippen LogP contribution in [0, 0.1) is 23.2 Å². The lowest BCUT2D eigenvalue weighted by atomic mass is 9.45. The minimum Gasteiger partial charge on any atom is -0.480 e. The van der Waals surface area contributed by atoms with Crippen molar-refractivity contribution in [2.24, 2.45) is 23.2 Å². The number of rotatable bonds is 5. The molecule has 6 aliphatic rings. The van der Waals surface area contributed by atoms with E-state index in [2.05, 4.69) is 20.8 Å². The van der Waals surface area contributed by atoms with Crippen LogP contribution in [0.15, 0.2) is 78.9 Å². The first kappa shape index (κ1) is 32.5. The zero-order valence-electron chi connectivity index (χ0n) is 28.9. The Balaban J connectivity index is 1.12. The van der Waals surface area contributed by atoms with Gasteiger partial charge in [0.2, 0.25) is 11.8 Å². The number of carbonyl (C=O) groups excluding carboxylic acids is 3. The highest BCUT2D eigenvalue weighted by molar-refractivity contribution is 6.02. The molecular weight excluding hydrogens is 630 g/mol. The Morgan fingerprint density at radius 3 is 2.12 bits per heavy atom. The highest BCUT2D eigenvalue weighted by Crippen LogP contribution is 2.62. The van der Waals surface area contributed by atoms with E-state index in [1.165, 1.54) is 9.80 Å². The Labute approximate surface area is 293 Å². The monoisotopic (exact) mass is 675 g/mol. The van der Waals surface area contributed by atoms with Crippen LogP contribution < -0.4 is 4.90 Å². The second-order valence-corrected chi connectivity index (χ2v) is 15.7. The normalized spacial score (nSPS) is 30.6. The summed E-state index contributed by atoms with van der Waals surface area (Å²) in [7, 11) is 0. The molecule has 0 spiro atoms. The van der Waals surface area contributed by atoms with Crippen LogP contribution in [0.25, 0.3) is 0 Å². The summed E-state index contributed by atoms with van der Waals surface area (Å²) >= 11 is 0. The van der Waals surface area contributed by atoms with Crippen LogP contribution in [0.5, 0.6) is 0 Å². The number of carboxylic acids is 1. The van der Waals surface area contributed by atoms with Crippen molar-refractivity contribution >= 4 is 29.6 Å². The van der Waals surface area contributed by atoms with Gasteiger partial charge < -0.3 is 19.6 Å². The number of carbonyl (C=O) groups is 4. The third-order valence-electron chi connectivity index (χ3n) is 12.9. The summed E-state index contributed by atoms with van der Waals surface area (Å²) in [5.74, 6) is -0.563. The van der Waals surface area contributed by atoms with Crippen molar-refractivity contribution in [1.29, 1.82) is 0 Å². The number of nitrogens with zero attached hydrogens (tertiary/aromatic N) is 3. The van der Waals surface area contributed by atoms with Crippen molar-refractivity contribution in [3.63, 3.8) is 0 Å². The number of anilines is 1. The Kier molecular flexibility index (Phi) is 7.99. The van der Waals surface area contributed by atoms with Gasteiger partial charge in [-0.05, 0) is 77.2 Å². The van der Waals surface area contributed by atoms with Crippen molar-refractivity contribution in [2.45, 2.75) is 96.1 Å². The molecule has 2 bridgehead atoms. The van der Waals surface area contributed by atoms with E-state index in [4.69, 9.17) is 4.74 Å². The molecule has 1 N–H and O–H groups in total. The number of para-hydroxylation sites is 1. The molecule has 3 aromatic carbocycles. The molecule has 9 nitrogen and oxygen atoms in total. The van der Waals surface area contributed by atoms with Crippen molar-refractivity contribution in [2.75, 3.05) is 4.90 Å². The van der Waals surface area contributed by atoms with E-state index in [0.717, 1.165) is 35.1 Å². The van der Waals surface area contributed by atoms with Gasteiger partial charge in [-0.25, -0.2) is 9.59 Å². The molecule has 9 heteroatoms. The van der Waals surface area contributed by atoms with Gasteiger partial charge in [-0.2, -0.15) is 0 Å². The van der Waals surface area contributed by atoms with E-state index >= 15 is 4.79 Å². The summed E-state index contributed by atoms with van der Waals surface area (Å²) in [6.45, 7) is 6.95. The molecule has 9 rings (SSSR count). The molecule has 8 atom stereocenters. The molecule has 3 aromatic rings. The van der Waals surface area contributed by atoms with E-state index in [-0.39, 0.29) is 42.2 Å². The van der Waals surface area contributed by atoms with Gasteiger partial charge in [0, 0.05) is 19.4 Å². The van der Waals surface area contributed by atoms with Crippen LogP contribution in [-0.4, -0.2) is 63.0 Å². The molecule has 3 saturated carbocycles. The Morgan fingerprint density at radius 2 is 1.42 bits per heavy atom. The van der Waals surface area contributed by atoms with Crippen molar-refractivity contribution in [1.82, 2.24) is 9.80 Å². The van der Waals surface area contributed by atoms with Crippen LogP contribution in [-0.2, 0) is 38.5 Å². The standard InChI is InChI=1S/C41H45N3O6/c1-24-30-21-29(41(30,2)3)22-36(24)50-40(49)44-31-16-10-9-14-27(31)20-34(44)38(46)43-32(25-11-5-4-6-12-25)17-18-33(43)37(45)42-23-28-15-8-7-13-26(28)19-35(42)39(47)48/h4-16,24,29-30,32-36H,17-23H2,1-3H3,(H,47,48)/t24-,29+,30-,32+,33-,34-,35-,36-/m1/s1. The highest BCUT2D eigenvalue weighted by Gasteiger charge is 2.58. The second-order valence-electron chi connectivity index (χ2n) is 15.7. The summed E-state index contributed by atoms with van der Waals surface area (Å²) < 4.78 is 6.31. The number of hydrogen-bond donors (Lipinski definition) is 1. The van der Waals surface area contributed by atoms with Crippen molar-refractivity contribution < 1.29 is 29.0 Å². The number of hydrogen-bond acceptors (Lipinski definition) is 5. The third kappa shape index (κ3) is 5.19. The predicted molar refractivity (Wildman–Crippen MR) is 187 cm³/mol. The number of benzene rings is 3. The lowest BCUT2D eigenvalue weighted by Crippen LogP contribution is -2.59. The predicted octanol–water partition coefficient (Wildman–Crippen LogP) is 6.40. The highest BCUT2D eigenvalue weighted by atomic mass is 16.6.